The second-order valence-electron chi connectivity index (χ2n) is 4.25. The summed E-state index contributed by atoms with van der Waals surface area (Å²) in [6.45, 7) is 3.12. The van der Waals surface area contributed by atoms with Crippen LogP contribution in [0.1, 0.15) is 16.7 Å². The molecular weight excluding hydrogens is 258 g/mol. The molecule has 0 spiro atoms. The highest BCUT2D eigenvalue weighted by molar-refractivity contribution is 7.17. The minimum Gasteiger partial charge on any atom is -0.380 e. The van der Waals surface area contributed by atoms with Crippen LogP contribution in [0, 0.1) is 0 Å². The Morgan fingerprint density at radius 3 is 2.78 bits per heavy atom. The molecule has 0 aliphatic rings. The lowest BCUT2D eigenvalue weighted by Gasteiger charge is -2.04. The molecule has 18 heavy (non-hydrogen) atoms. The summed E-state index contributed by atoms with van der Waals surface area (Å²) < 4.78 is 1.35. The Morgan fingerprint density at radius 1 is 1.06 bits per heavy atom. The van der Waals surface area contributed by atoms with E-state index in [4.69, 9.17) is 0 Å². The number of hydrogen-bond acceptors (Lipinski definition) is 3. The summed E-state index contributed by atoms with van der Waals surface area (Å²) in [4.78, 5) is 2.86. The summed E-state index contributed by atoms with van der Waals surface area (Å²) in [6, 6.07) is 13.2. The van der Waals surface area contributed by atoms with E-state index in [0.29, 0.717) is 0 Å². The minimum atomic E-state index is 0.917. The van der Waals surface area contributed by atoms with Crippen molar-refractivity contribution < 1.29 is 0 Å². The third kappa shape index (κ3) is 2.42. The minimum absolute atomic E-state index is 0.917. The fraction of sp³-hybridized carbons (Fsp3) is 0.200. The molecule has 0 aliphatic heterocycles. The highest BCUT2D eigenvalue weighted by Gasteiger charge is 2.00. The van der Waals surface area contributed by atoms with Gasteiger partial charge in [0.15, 0.2) is 0 Å². The third-order valence-corrected chi connectivity index (χ3v) is 5.11. The van der Waals surface area contributed by atoms with Crippen LogP contribution in [0.2, 0.25) is 0 Å². The van der Waals surface area contributed by atoms with Gasteiger partial charge >= 0.3 is 0 Å². The molecule has 2 heterocycles. The van der Waals surface area contributed by atoms with Gasteiger partial charge in [0.25, 0.3) is 0 Å². The number of nitrogens with one attached hydrogen (secondary N) is 1. The predicted octanol–water partition coefficient (Wildman–Crippen LogP) is 5.14. The monoisotopic (exact) mass is 273 g/mol. The Kier molecular flexibility index (Phi) is 3.35. The molecule has 92 valence electrons. The van der Waals surface area contributed by atoms with Crippen molar-refractivity contribution in [3.05, 3.63) is 51.5 Å². The number of thiophene rings is 2. The molecule has 3 heteroatoms. The van der Waals surface area contributed by atoms with Crippen LogP contribution in [0.5, 0.6) is 0 Å². The summed E-state index contributed by atoms with van der Waals surface area (Å²) in [6.07, 6.45) is 1.13. The van der Waals surface area contributed by atoms with Crippen molar-refractivity contribution in [3.63, 3.8) is 0 Å². The predicted molar refractivity (Wildman–Crippen MR) is 82.8 cm³/mol. The number of benzene rings is 1. The molecule has 0 fully saturated rings. The van der Waals surface area contributed by atoms with Crippen LogP contribution in [0.15, 0.2) is 41.8 Å². The van der Waals surface area contributed by atoms with Crippen LogP contribution in [-0.4, -0.2) is 0 Å². The quantitative estimate of drug-likeness (QED) is 0.694. The normalized spacial score (nSPS) is 10.9. The molecule has 3 rings (SSSR count). The van der Waals surface area contributed by atoms with Crippen molar-refractivity contribution in [1.82, 2.24) is 0 Å². The summed E-state index contributed by atoms with van der Waals surface area (Å²) in [5, 5.41) is 6.96. The van der Waals surface area contributed by atoms with E-state index >= 15 is 0 Å². The van der Waals surface area contributed by atoms with Crippen LogP contribution in [0.4, 0.5) is 5.69 Å². The van der Waals surface area contributed by atoms with Gasteiger partial charge in [-0.05, 0) is 53.6 Å². The van der Waals surface area contributed by atoms with E-state index in [1.807, 2.05) is 11.3 Å². The van der Waals surface area contributed by atoms with Crippen LogP contribution in [0.25, 0.3) is 10.1 Å². The zero-order valence-corrected chi connectivity index (χ0v) is 11.9. The number of aryl methyl sites for hydroxylation is 1. The van der Waals surface area contributed by atoms with Gasteiger partial charge in [0.2, 0.25) is 0 Å². The first kappa shape index (κ1) is 11.8. The first-order valence-corrected chi connectivity index (χ1v) is 7.83. The molecular formula is C15H15NS2. The molecule has 0 aliphatic carbocycles. The lowest BCUT2D eigenvalue weighted by atomic mass is 10.2. The molecule has 0 bridgehead atoms. The van der Waals surface area contributed by atoms with E-state index in [9.17, 15) is 0 Å². The Morgan fingerprint density at radius 2 is 1.94 bits per heavy atom. The number of anilines is 1. The van der Waals surface area contributed by atoms with E-state index in [1.165, 1.54) is 25.5 Å². The summed E-state index contributed by atoms with van der Waals surface area (Å²) in [5.74, 6) is 0. The second kappa shape index (κ2) is 5.12. The Bertz CT molecular complexity index is 651. The molecule has 0 unspecified atom stereocenters. The van der Waals surface area contributed by atoms with Gasteiger partial charge in [0.05, 0.1) is 0 Å². The molecule has 0 saturated carbocycles. The highest BCUT2D eigenvalue weighted by atomic mass is 32.1. The summed E-state index contributed by atoms with van der Waals surface area (Å²) in [5.41, 5.74) is 1.20. The first-order valence-electron chi connectivity index (χ1n) is 6.14. The number of rotatable bonds is 4. The van der Waals surface area contributed by atoms with Crippen molar-refractivity contribution in [2.45, 2.75) is 19.9 Å². The van der Waals surface area contributed by atoms with E-state index < -0.39 is 0 Å². The lowest BCUT2D eigenvalue weighted by molar-refractivity contribution is 1.19. The first-order chi connectivity index (χ1) is 8.85. The van der Waals surface area contributed by atoms with Gasteiger partial charge in [0, 0.05) is 26.7 Å². The van der Waals surface area contributed by atoms with Crippen molar-refractivity contribution in [2.75, 3.05) is 5.32 Å². The molecule has 0 amide bonds. The zero-order chi connectivity index (χ0) is 12.4. The molecule has 0 saturated heterocycles. The van der Waals surface area contributed by atoms with Crippen LogP contribution < -0.4 is 5.32 Å². The molecule has 1 nitrogen and oxygen atoms in total. The Hall–Kier alpha value is -1.32. The van der Waals surface area contributed by atoms with Crippen LogP contribution >= 0.6 is 22.7 Å². The van der Waals surface area contributed by atoms with Crippen molar-refractivity contribution in [1.29, 1.82) is 0 Å². The fourth-order valence-corrected chi connectivity index (χ4v) is 3.64. The zero-order valence-electron chi connectivity index (χ0n) is 10.3. The van der Waals surface area contributed by atoms with Crippen LogP contribution in [-0.2, 0) is 13.0 Å². The van der Waals surface area contributed by atoms with Crippen molar-refractivity contribution in [2.24, 2.45) is 0 Å². The van der Waals surface area contributed by atoms with E-state index in [-0.39, 0.29) is 0 Å². The van der Waals surface area contributed by atoms with Crippen molar-refractivity contribution in [3.8, 4) is 0 Å². The standard InChI is InChI=1S/C15H15NS2/c1-2-13-4-5-14(18-13)10-16-12-3-6-15-11(9-12)7-8-17-15/h3-9,16H,2,10H2,1H3. The number of fused-ring (bicyclic) bond motifs is 1. The largest absolute Gasteiger partial charge is 0.380 e. The van der Waals surface area contributed by atoms with E-state index in [0.717, 1.165) is 13.0 Å². The van der Waals surface area contributed by atoms with Crippen LogP contribution in [0.3, 0.4) is 0 Å². The maximum Gasteiger partial charge on any atom is 0.0494 e. The summed E-state index contributed by atoms with van der Waals surface area (Å²) >= 11 is 3.69. The highest BCUT2D eigenvalue weighted by Crippen LogP contribution is 2.25. The molecule has 1 aromatic carbocycles. The average Bonchev–Trinajstić information content (AvgIpc) is 3.04. The van der Waals surface area contributed by atoms with Gasteiger partial charge in [0.1, 0.15) is 0 Å². The van der Waals surface area contributed by atoms with Gasteiger partial charge < -0.3 is 5.32 Å². The van der Waals surface area contributed by atoms with Gasteiger partial charge in [-0.15, -0.1) is 22.7 Å². The maximum atomic E-state index is 3.50. The van der Waals surface area contributed by atoms with Crippen molar-refractivity contribution >= 4 is 38.4 Å². The van der Waals surface area contributed by atoms with Gasteiger partial charge in [-0.3, -0.25) is 0 Å². The van der Waals surface area contributed by atoms with Gasteiger partial charge in [-0.1, -0.05) is 6.92 Å². The Balaban J connectivity index is 1.72. The second-order valence-corrected chi connectivity index (χ2v) is 6.45. The Labute approximate surface area is 115 Å². The number of hydrogen-bond donors (Lipinski definition) is 1. The third-order valence-electron chi connectivity index (χ3n) is 2.98. The molecule has 2 aromatic heterocycles. The molecule has 1 N–H and O–H groups in total. The molecule has 0 radical (unpaired) electrons. The van der Waals surface area contributed by atoms with E-state index in [2.05, 4.69) is 54.0 Å². The van der Waals surface area contributed by atoms with Gasteiger partial charge in [-0.25, -0.2) is 0 Å². The smallest absolute Gasteiger partial charge is 0.0494 e. The lowest BCUT2D eigenvalue weighted by Crippen LogP contribution is -1.96. The fourth-order valence-electron chi connectivity index (χ4n) is 1.97. The molecule has 3 aromatic rings. The topological polar surface area (TPSA) is 12.0 Å². The van der Waals surface area contributed by atoms with E-state index in [1.54, 1.807) is 11.3 Å². The summed E-state index contributed by atoms with van der Waals surface area (Å²) in [7, 11) is 0. The van der Waals surface area contributed by atoms with Gasteiger partial charge in [-0.2, -0.15) is 0 Å². The average molecular weight is 273 g/mol. The maximum absolute atomic E-state index is 3.50. The SMILES string of the molecule is CCc1ccc(CNc2ccc3sccc3c2)s1. The molecule has 0 atom stereocenters.